The fourth-order valence-corrected chi connectivity index (χ4v) is 2.32. The molecule has 1 aromatic heterocycles. The number of nitrogens with two attached hydrogens (primary N) is 1. The average Bonchev–Trinajstić information content (AvgIpc) is 2.75. The lowest BCUT2D eigenvalue weighted by atomic mass is 9.83. The second-order valence-corrected chi connectivity index (χ2v) is 6.09. The molecule has 0 aliphatic heterocycles. The van der Waals surface area contributed by atoms with Crippen LogP contribution in [0.2, 0.25) is 5.02 Å². The van der Waals surface area contributed by atoms with Crippen LogP contribution in [0.3, 0.4) is 0 Å². The summed E-state index contributed by atoms with van der Waals surface area (Å²) in [5.41, 5.74) is 6.13. The average molecular weight is 302 g/mol. The van der Waals surface area contributed by atoms with Gasteiger partial charge in [0.2, 0.25) is 0 Å². The Kier molecular flexibility index (Phi) is 6.65. The van der Waals surface area contributed by atoms with Crippen molar-refractivity contribution in [2.45, 2.75) is 39.7 Å². The number of hydrogen-bond acceptors (Lipinski definition) is 4. The van der Waals surface area contributed by atoms with E-state index in [1.54, 1.807) is 11.8 Å². The molecule has 0 atom stereocenters. The summed E-state index contributed by atoms with van der Waals surface area (Å²) in [7, 11) is 1.61. The number of hydrogen-bond donors (Lipinski definition) is 1. The second kappa shape index (κ2) is 7.76. The maximum Gasteiger partial charge on any atom is 0.182 e. The number of carbonyl (C=O) groups excluding carboxylic acids is 1. The molecule has 0 spiro atoms. The molecular weight excluding hydrogens is 278 g/mol. The molecule has 20 heavy (non-hydrogen) atoms. The van der Waals surface area contributed by atoms with Crippen molar-refractivity contribution in [3.05, 3.63) is 16.9 Å². The van der Waals surface area contributed by atoms with Gasteiger partial charge in [-0.2, -0.15) is 5.10 Å². The Morgan fingerprint density at radius 1 is 1.50 bits per heavy atom. The number of ketones is 1. The van der Waals surface area contributed by atoms with E-state index < -0.39 is 0 Å². The van der Waals surface area contributed by atoms with Gasteiger partial charge in [-0.05, 0) is 24.8 Å². The van der Waals surface area contributed by atoms with Crippen LogP contribution in [0.4, 0.5) is 0 Å². The molecule has 6 heteroatoms. The molecule has 5 nitrogen and oxygen atoms in total. The van der Waals surface area contributed by atoms with Gasteiger partial charge in [-0.3, -0.25) is 9.48 Å². The summed E-state index contributed by atoms with van der Waals surface area (Å²) in [6.45, 7) is 5.90. The zero-order valence-corrected chi connectivity index (χ0v) is 13.2. The van der Waals surface area contributed by atoms with Gasteiger partial charge >= 0.3 is 0 Å². The van der Waals surface area contributed by atoms with Crippen LogP contribution < -0.4 is 5.73 Å². The van der Waals surface area contributed by atoms with E-state index in [-0.39, 0.29) is 11.2 Å². The Labute approximate surface area is 125 Å². The molecule has 1 rings (SSSR count). The number of carbonyl (C=O) groups is 1. The minimum atomic E-state index is 0.0219. The van der Waals surface area contributed by atoms with Crippen molar-refractivity contribution in [1.29, 1.82) is 0 Å². The Hall–Kier alpha value is -0.910. The molecule has 1 aromatic rings. The summed E-state index contributed by atoms with van der Waals surface area (Å²) in [6.07, 6.45) is 3.65. The predicted octanol–water partition coefficient (Wildman–Crippen LogP) is 2.52. The van der Waals surface area contributed by atoms with E-state index in [0.717, 1.165) is 12.8 Å². The van der Waals surface area contributed by atoms with Crippen LogP contribution in [-0.2, 0) is 11.3 Å². The van der Waals surface area contributed by atoms with Crippen LogP contribution in [-0.4, -0.2) is 35.8 Å². The third-order valence-electron chi connectivity index (χ3n) is 3.42. The van der Waals surface area contributed by atoms with Crippen molar-refractivity contribution in [3.63, 3.8) is 0 Å². The Morgan fingerprint density at radius 2 is 2.20 bits per heavy atom. The lowest BCUT2D eigenvalue weighted by molar-refractivity contribution is 0.0947. The van der Waals surface area contributed by atoms with Gasteiger partial charge in [0.15, 0.2) is 5.78 Å². The van der Waals surface area contributed by atoms with Gasteiger partial charge in [-0.15, -0.1) is 0 Å². The molecule has 2 N–H and O–H groups in total. The molecule has 0 amide bonds. The summed E-state index contributed by atoms with van der Waals surface area (Å²) in [5.74, 6) is 0.0219. The zero-order chi connectivity index (χ0) is 15.2. The van der Waals surface area contributed by atoms with Crippen LogP contribution in [0, 0.1) is 5.41 Å². The lowest BCUT2D eigenvalue weighted by Gasteiger charge is -2.23. The largest absolute Gasteiger partial charge is 0.383 e. The summed E-state index contributed by atoms with van der Waals surface area (Å²) < 4.78 is 6.62. The molecular formula is C14H24ClN3O2. The fourth-order valence-electron chi connectivity index (χ4n) is 2.07. The van der Waals surface area contributed by atoms with E-state index >= 15 is 0 Å². The van der Waals surface area contributed by atoms with Gasteiger partial charge in [0.1, 0.15) is 5.69 Å². The van der Waals surface area contributed by atoms with Gasteiger partial charge < -0.3 is 10.5 Å². The van der Waals surface area contributed by atoms with E-state index in [4.69, 9.17) is 22.1 Å². The first-order valence-corrected chi connectivity index (χ1v) is 7.22. The van der Waals surface area contributed by atoms with E-state index in [0.29, 0.717) is 36.8 Å². The normalized spacial score (nSPS) is 11.8. The number of halogens is 1. The number of aromatic nitrogens is 2. The van der Waals surface area contributed by atoms with Crippen molar-refractivity contribution in [2.75, 3.05) is 20.3 Å². The highest BCUT2D eigenvalue weighted by molar-refractivity contribution is 6.33. The molecule has 1 heterocycles. The first-order chi connectivity index (χ1) is 9.41. The highest BCUT2D eigenvalue weighted by atomic mass is 35.5. The van der Waals surface area contributed by atoms with E-state index in [1.165, 1.54) is 6.20 Å². The quantitative estimate of drug-likeness (QED) is 0.712. The SMILES string of the molecule is COCCn1ncc(Cl)c1C(=O)CCC(C)(C)CCN. The Bertz CT molecular complexity index is 444. The summed E-state index contributed by atoms with van der Waals surface area (Å²) >= 11 is 6.06. The molecule has 114 valence electrons. The number of ether oxygens (including phenoxy) is 1. The smallest absolute Gasteiger partial charge is 0.182 e. The number of rotatable bonds is 9. The van der Waals surface area contributed by atoms with Crippen LogP contribution in [0.1, 0.15) is 43.6 Å². The Morgan fingerprint density at radius 3 is 2.80 bits per heavy atom. The summed E-state index contributed by atoms with van der Waals surface area (Å²) in [6, 6.07) is 0. The van der Waals surface area contributed by atoms with E-state index in [1.807, 2.05) is 0 Å². The number of Topliss-reactive ketones (excluding diaryl/α,β-unsaturated/α-hetero) is 1. The van der Waals surface area contributed by atoms with Crippen molar-refractivity contribution in [2.24, 2.45) is 11.1 Å². The van der Waals surface area contributed by atoms with Crippen molar-refractivity contribution < 1.29 is 9.53 Å². The molecule has 0 aromatic carbocycles. The van der Waals surface area contributed by atoms with Crippen molar-refractivity contribution >= 4 is 17.4 Å². The van der Waals surface area contributed by atoms with Gasteiger partial charge in [-0.25, -0.2) is 0 Å². The van der Waals surface area contributed by atoms with Gasteiger partial charge in [-0.1, -0.05) is 25.4 Å². The molecule has 0 radical (unpaired) electrons. The van der Waals surface area contributed by atoms with Gasteiger partial charge in [0, 0.05) is 13.5 Å². The minimum absolute atomic E-state index is 0.0219. The first kappa shape index (κ1) is 17.1. The highest BCUT2D eigenvalue weighted by Gasteiger charge is 2.22. The molecule has 0 unspecified atom stereocenters. The molecule has 0 fully saturated rings. The topological polar surface area (TPSA) is 70.1 Å². The van der Waals surface area contributed by atoms with Crippen molar-refractivity contribution in [1.82, 2.24) is 9.78 Å². The Balaban J connectivity index is 2.70. The number of nitrogens with zero attached hydrogens (tertiary/aromatic N) is 2. The van der Waals surface area contributed by atoms with Crippen LogP contribution in [0.5, 0.6) is 0 Å². The lowest BCUT2D eigenvalue weighted by Crippen LogP contribution is -2.20. The van der Waals surface area contributed by atoms with Crippen LogP contribution >= 0.6 is 11.6 Å². The van der Waals surface area contributed by atoms with E-state index in [9.17, 15) is 4.79 Å². The summed E-state index contributed by atoms with van der Waals surface area (Å²) in [5, 5.41) is 4.52. The maximum atomic E-state index is 12.3. The maximum absolute atomic E-state index is 12.3. The van der Waals surface area contributed by atoms with E-state index in [2.05, 4.69) is 18.9 Å². The molecule has 0 saturated heterocycles. The highest BCUT2D eigenvalue weighted by Crippen LogP contribution is 2.28. The fraction of sp³-hybridized carbons (Fsp3) is 0.714. The summed E-state index contributed by atoms with van der Waals surface area (Å²) in [4.78, 5) is 12.3. The predicted molar refractivity (Wildman–Crippen MR) is 80.1 cm³/mol. The van der Waals surface area contributed by atoms with Gasteiger partial charge in [0.05, 0.1) is 24.4 Å². The molecule has 0 aliphatic carbocycles. The van der Waals surface area contributed by atoms with Crippen LogP contribution in [0.25, 0.3) is 0 Å². The second-order valence-electron chi connectivity index (χ2n) is 5.68. The minimum Gasteiger partial charge on any atom is -0.383 e. The van der Waals surface area contributed by atoms with Crippen LogP contribution in [0.15, 0.2) is 6.20 Å². The first-order valence-electron chi connectivity index (χ1n) is 6.85. The zero-order valence-electron chi connectivity index (χ0n) is 12.5. The van der Waals surface area contributed by atoms with Crippen molar-refractivity contribution in [3.8, 4) is 0 Å². The standard InChI is InChI=1S/C14H24ClN3O2/c1-14(2,6-7-16)5-4-12(19)13-11(15)10-17-18(13)8-9-20-3/h10H,4-9,16H2,1-3H3. The molecule has 0 saturated carbocycles. The van der Waals surface area contributed by atoms with Gasteiger partial charge in [0.25, 0.3) is 0 Å². The monoisotopic (exact) mass is 301 g/mol. The molecule has 0 aliphatic rings. The third kappa shape index (κ3) is 4.89. The number of methoxy groups -OCH3 is 1. The molecule has 0 bridgehead atoms. The third-order valence-corrected chi connectivity index (χ3v) is 3.69.